The number of hydroxylamine groups is 2. The van der Waals surface area contributed by atoms with Gasteiger partial charge in [-0.15, -0.1) is 5.06 Å². The number of ether oxygens (including phenoxy) is 1. The lowest BCUT2D eigenvalue weighted by Gasteiger charge is -2.30. The van der Waals surface area contributed by atoms with Crippen LogP contribution in [-0.2, 0) is 30.4 Å². The molecular formula is C23H30N4O7. The van der Waals surface area contributed by atoms with Gasteiger partial charge in [0.2, 0.25) is 5.91 Å². The fourth-order valence-corrected chi connectivity index (χ4v) is 3.78. The maximum absolute atomic E-state index is 13.4. The van der Waals surface area contributed by atoms with Crippen molar-refractivity contribution in [2.75, 3.05) is 6.54 Å². The third-order valence-corrected chi connectivity index (χ3v) is 5.27. The predicted molar refractivity (Wildman–Crippen MR) is 119 cm³/mol. The summed E-state index contributed by atoms with van der Waals surface area (Å²) in [7, 11) is 0. The van der Waals surface area contributed by atoms with Crippen LogP contribution in [0.25, 0.3) is 0 Å². The summed E-state index contributed by atoms with van der Waals surface area (Å²) in [5.74, 6) is -1.58. The van der Waals surface area contributed by atoms with E-state index in [9.17, 15) is 24.0 Å². The van der Waals surface area contributed by atoms with Crippen LogP contribution in [-0.4, -0.2) is 64.2 Å². The molecule has 0 unspecified atom stereocenters. The van der Waals surface area contributed by atoms with Crippen molar-refractivity contribution in [1.82, 2.24) is 20.6 Å². The number of likely N-dealkylation sites (tertiary alicyclic amines) is 1. The maximum atomic E-state index is 13.4. The Kier molecular flexibility index (Phi) is 7.75. The van der Waals surface area contributed by atoms with E-state index in [1.807, 2.05) is 30.3 Å². The van der Waals surface area contributed by atoms with Crippen LogP contribution >= 0.6 is 0 Å². The molecule has 0 bridgehead atoms. The van der Waals surface area contributed by atoms with E-state index in [1.165, 1.54) is 4.90 Å². The lowest BCUT2D eigenvalue weighted by atomic mass is 10.0. The van der Waals surface area contributed by atoms with E-state index in [-0.39, 0.29) is 19.3 Å². The van der Waals surface area contributed by atoms with Gasteiger partial charge in [0.1, 0.15) is 17.8 Å². The number of imide groups is 1. The third kappa shape index (κ3) is 6.69. The summed E-state index contributed by atoms with van der Waals surface area (Å²) in [5, 5.41) is 5.63. The van der Waals surface area contributed by atoms with E-state index in [2.05, 4.69) is 10.6 Å². The smallest absolute Gasteiger partial charge is 0.433 e. The largest absolute Gasteiger partial charge is 0.444 e. The second kappa shape index (κ2) is 10.5. The summed E-state index contributed by atoms with van der Waals surface area (Å²) >= 11 is 0. The van der Waals surface area contributed by atoms with E-state index in [1.54, 1.807) is 20.8 Å². The molecule has 3 rings (SSSR count). The topological polar surface area (TPSA) is 134 Å². The molecule has 2 aliphatic rings. The van der Waals surface area contributed by atoms with Gasteiger partial charge in [-0.1, -0.05) is 30.3 Å². The van der Waals surface area contributed by atoms with Gasteiger partial charge in [-0.25, -0.2) is 9.59 Å². The maximum Gasteiger partial charge on any atom is 0.433 e. The fraction of sp³-hybridized carbons (Fsp3) is 0.522. The van der Waals surface area contributed by atoms with E-state index < -0.39 is 47.7 Å². The van der Waals surface area contributed by atoms with Gasteiger partial charge in [-0.3, -0.25) is 19.7 Å². The first kappa shape index (κ1) is 25.0. The summed E-state index contributed by atoms with van der Waals surface area (Å²) in [6.07, 6.45) is -1.19. The average Bonchev–Trinajstić information content (AvgIpc) is 3.33. The minimum absolute atomic E-state index is 0.0162. The highest BCUT2D eigenvalue weighted by Crippen LogP contribution is 2.19. The summed E-state index contributed by atoms with van der Waals surface area (Å²) in [4.78, 5) is 67.8. The van der Waals surface area contributed by atoms with Crippen LogP contribution < -0.4 is 10.6 Å². The van der Waals surface area contributed by atoms with Crippen LogP contribution in [0.2, 0.25) is 0 Å². The Balaban J connectivity index is 1.69. The van der Waals surface area contributed by atoms with Gasteiger partial charge in [0.15, 0.2) is 0 Å². The SMILES string of the molecule is CC(C)(C)OC(=O)N[C@@H](Cc1ccccc1)C(=O)N1CCC[C@H]1NC(=O)ON1C(=O)CCC1=O. The van der Waals surface area contributed by atoms with Crippen LogP contribution in [0.4, 0.5) is 9.59 Å². The number of rotatable bonds is 6. The molecule has 2 atom stereocenters. The molecule has 5 amide bonds. The highest BCUT2D eigenvalue weighted by molar-refractivity contribution is 6.01. The summed E-state index contributed by atoms with van der Waals surface area (Å²) in [6, 6.07) is 8.28. The second-order valence-corrected chi connectivity index (χ2v) is 9.18. The average molecular weight is 475 g/mol. The first-order valence-corrected chi connectivity index (χ1v) is 11.2. The van der Waals surface area contributed by atoms with Crippen molar-refractivity contribution < 1.29 is 33.5 Å². The lowest BCUT2D eigenvalue weighted by molar-refractivity contribution is -0.172. The van der Waals surface area contributed by atoms with E-state index in [4.69, 9.17) is 9.57 Å². The number of carbonyl (C=O) groups is 5. The normalized spacial score (nSPS) is 19.1. The molecule has 0 aliphatic carbocycles. The number of nitrogens with zero attached hydrogens (tertiary/aromatic N) is 2. The Morgan fingerprint density at radius 1 is 1.06 bits per heavy atom. The molecule has 2 fully saturated rings. The first-order valence-electron chi connectivity index (χ1n) is 11.2. The molecule has 2 heterocycles. The van der Waals surface area contributed by atoms with E-state index in [0.717, 1.165) is 5.56 Å². The zero-order chi connectivity index (χ0) is 24.9. The standard InChI is InChI=1S/C23H30N4O7/c1-23(2,3)33-21(31)24-16(14-15-8-5-4-6-9-15)20(30)26-13-7-10-17(26)25-22(32)34-27-18(28)11-12-19(27)29/h4-6,8-9,16-17H,7,10-14H2,1-3H3,(H,24,31)(H,25,32)/t16-,17-/m0/s1. The number of amides is 5. The van der Waals surface area contributed by atoms with Gasteiger partial charge >= 0.3 is 12.2 Å². The van der Waals surface area contributed by atoms with Gasteiger partial charge in [-0.05, 0) is 39.2 Å². The van der Waals surface area contributed by atoms with Crippen LogP contribution in [0.5, 0.6) is 0 Å². The van der Waals surface area contributed by atoms with Crippen molar-refractivity contribution in [3.63, 3.8) is 0 Å². The molecule has 0 spiro atoms. The molecule has 34 heavy (non-hydrogen) atoms. The molecule has 1 aromatic rings. The van der Waals surface area contributed by atoms with Gasteiger partial charge in [-0.2, -0.15) is 0 Å². The van der Waals surface area contributed by atoms with Gasteiger partial charge in [0, 0.05) is 25.8 Å². The second-order valence-electron chi connectivity index (χ2n) is 9.18. The van der Waals surface area contributed by atoms with Crippen molar-refractivity contribution in [2.45, 2.75) is 70.7 Å². The Morgan fingerprint density at radius 2 is 1.71 bits per heavy atom. The molecule has 1 aromatic carbocycles. The van der Waals surface area contributed by atoms with Crippen molar-refractivity contribution >= 4 is 29.9 Å². The molecule has 2 saturated heterocycles. The fourth-order valence-electron chi connectivity index (χ4n) is 3.78. The highest BCUT2D eigenvalue weighted by atomic mass is 16.7. The number of hydrogen-bond donors (Lipinski definition) is 2. The summed E-state index contributed by atoms with van der Waals surface area (Å²) < 4.78 is 5.32. The number of benzene rings is 1. The van der Waals surface area contributed by atoms with Gasteiger partial charge in [0.25, 0.3) is 11.8 Å². The van der Waals surface area contributed by atoms with Crippen molar-refractivity contribution in [1.29, 1.82) is 0 Å². The summed E-state index contributed by atoms with van der Waals surface area (Å²) in [6.45, 7) is 5.53. The number of hydrogen-bond acceptors (Lipinski definition) is 7. The lowest BCUT2D eigenvalue weighted by Crippen LogP contribution is -2.55. The molecule has 11 heteroatoms. The minimum Gasteiger partial charge on any atom is -0.444 e. The van der Waals surface area contributed by atoms with E-state index >= 15 is 0 Å². The van der Waals surface area contributed by atoms with Crippen molar-refractivity contribution in [3.05, 3.63) is 35.9 Å². The molecule has 0 saturated carbocycles. The zero-order valence-corrected chi connectivity index (χ0v) is 19.5. The Bertz CT molecular complexity index is 928. The highest BCUT2D eigenvalue weighted by Gasteiger charge is 2.38. The van der Waals surface area contributed by atoms with Crippen LogP contribution in [0.1, 0.15) is 52.0 Å². The summed E-state index contributed by atoms with van der Waals surface area (Å²) in [5.41, 5.74) is 0.0992. The third-order valence-electron chi connectivity index (χ3n) is 5.27. The molecule has 2 aliphatic heterocycles. The number of alkyl carbamates (subject to hydrolysis) is 1. The Hall–Kier alpha value is -3.63. The minimum atomic E-state index is -1.01. The Morgan fingerprint density at radius 3 is 2.32 bits per heavy atom. The van der Waals surface area contributed by atoms with Gasteiger partial charge in [0.05, 0.1) is 0 Å². The molecule has 0 aromatic heterocycles. The quantitative estimate of drug-likeness (QED) is 0.601. The van der Waals surface area contributed by atoms with Crippen LogP contribution in [0, 0.1) is 0 Å². The predicted octanol–water partition coefficient (Wildman–Crippen LogP) is 1.86. The van der Waals surface area contributed by atoms with Crippen molar-refractivity contribution in [2.24, 2.45) is 0 Å². The molecule has 0 radical (unpaired) electrons. The molecule has 2 N–H and O–H groups in total. The Labute approximate surface area is 197 Å². The van der Waals surface area contributed by atoms with Crippen molar-refractivity contribution in [3.8, 4) is 0 Å². The van der Waals surface area contributed by atoms with Crippen LogP contribution in [0.3, 0.4) is 0 Å². The van der Waals surface area contributed by atoms with Gasteiger partial charge < -0.3 is 19.8 Å². The van der Waals surface area contributed by atoms with Crippen LogP contribution in [0.15, 0.2) is 30.3 Å². The number of nitrogens with one attached hydrogen (secondary N) is 2. The molecule has 11 nitrogen and oxygen atoms in total. The monoisotopic (exact) mass is 474 g/mol. The first-order chi connectivity index (χ1) is 16.0. The zero-order valence-electron chi connectivity index (χ0n) is 19.5. The van der Waals surface area contributed by atoms with E-state index in [0.29, 0.717) is 24.4 Å². The molecular weight excluding hydrogens is 444 g/mol. The number of carbonyl (C=O) groups excluding carboxylic acids is 5. The molecule has 184 valence electrons.